The highest BCUT2D eigenvalue weighted by molar-refractivity contribution is 6.39. The highest BCUT2D eigenvalue weighted by atomic mass is 16.5. The molecule has 1 rings (SSSR count). The van der Waals surface area contributed by atoms with E-state index in [1.165, 1.54) is 0 Å². The summed E-state index contributed by atoms with van der Waals surface area (Å²) in [5, 5.41) is 0. The smallest absolute Gasteiger partial charge is 0.306 e. The zero-order valence-electron chi connectivity index (χ0n) is 9.66. The summed E-state index contributed by atoms with van der Waals surface area (Å²) >= 11 is 0. The second-order valence-electron chi connectivity index (χ2n) is 4.12. The molecule has 1 heterocycles. The van der Waals surface area contributed by atoms with Gasteiger partial charge >= 0.3 is 5.97 Å². The molecule has 4 nitrogen and oxygen atoms in total. The molecule has 90 valence electrons. The topological polar surface area (TPSA) is 60.4 Å². The van der Waals surface area contributed by atoms with Crippen molar-refractivity contribution >= 4 is 17.5 Å². The minimum absolute atomic E-state index is 0.288. The van der Waals surface area contributed by atoms with Gasteiger partial charge in [-0.3, -0.25) is 14.4 Å². The van der Waals surface area contributed by atoms with Crippen LogP contribution in [-0.2, 0) is 19.1 Å². The van der Waals surface area contributed by atoms with Crippen LogP contribution in [0.3, 0.4) is 0 Å². The van der Waals surface area contributed by atoms with E-state index in [4.69, 9.17) is 4.74 Å². The molecule has 1 aliphatic heterocycles. The van der Waals surface area contributed by atoms with Crippen LogP contribution in [-0.4, -0.2) is 23.6 Å². The van der Waals surface area contributed by atoms with Gasteiger partial charge in [-0.1, -0.05) is 19.8 Å². The van der Waals surface area contributed by atoms with Gasteiger partial charge < -0.3 is 4.74 Å². The van der Waals surface area contributed by atoms with Crippen molar-refractivity contribution in [1.82, 2.24) is 0 Å². The fraction of sp³-hybridized carbons (Fsp3) is 0.750. The van der Waals surface area contributed by atoms with Crippen LogP contribution in [0, 0.1) is 0 Å². The first-order valence-corrected chi connectivity index (χ1v) is 5.91. The van der Waals surface area contributed by atoms with Crippen molar-refractivity contribution in [3.8, 4) is 0 Å². The summed E-state index contributed by atoms with van der Waals surface area (Å²) in [6.07, 6.45) is 3.18. The fourth-order valence-electron chi connectivity index (χ4n) is 1.76. The second kappa shape index (κ2) is 6.40. The number of ether oxygens (including phenoxy) is 1. The summed E-state index contributed by atoms with van der Waals surface area (Å²) in [7, 11) is 0. The standard InChI is InChI=1S/C12H18O4/c1-2-6-10-12(15)9(13)7-4-3-5-8-11(14)16-10/h10H,2-8H2,1H3/t10-/m1/s1. The van der Waals surface area contributed by atoms with Crippen LogP contribution in [0.1, 0.15) is 51.9 Å². The second-order valence-corrected chi connectivity index (χ2v) is 4.12. The molecular formula is C12H18O4. The molecule has 0 bridgehead atoms. The summed E-state index contributed by atoms with van der Waals surface area (Å²) in [6.45, 7) is 1.89. The van der Waals surface area contributed by atoms with Gasteiger partial charge in [-0.05, 0) is 19.3 Å². The van der Waals surface area contributed by atoms with E-state index in [0.29, 0.717) is 19.3 Å². The average molecular weight is 226 g/mol. The van der Waals surface area contributed by atoms with Crippen molar-refractivity contribution in [2.24, 2.45) is 0 Å². The third-order valence-electron chi connectivity index (χ3n) is 2.68. The highest BCUT2D eigenvalue weighted by Crippen LogP contribution is 2.13. The monoisotopic (exact) mass is 226 g/mol. The minimum atomic E-state index is -0.844. The lowest BCUT2D eigenvalue weighted by Gasteiger charge is -2.16. The number of rotatable bonds is 2. The quantitative estimate of drug-likeness (QED) is 0.532. The molecule has 1 fully saturated rings. The molecule has 0 aromatic heterocycles. The Hall–Kier alpha value is -1.19. The lowest BCUT2D eigenvalue weighted by molar-refractivity contribution is -0.158. The van der Waals surface area contributed by atoms with Gasteiger partial charge in [0.05, 0.1) is 0 Å². The maximum Gasteiger partial charge on any atom is 0.306 e. The minimum Gasteiger partial charge on any atom is -0.454 e. The number of Topliss-reactive ketones (excluding diaryl/α,β-unsaturated/α-hetero) is 2. The van der Waals surface area contributed by atoms with E-state index < -0.39 is 17.7 Å². The number of hydrogen-bond donors (Lipinski definition) is 0. The van der Waals surface area contributed by atoms with Gasteiger partial charge in [0.1, 0.15) is 0 Å². The summed E-state index contributed by atoms with van der Waals surface area (Å²) in [6, 6.07) is 0. The zero-order chi connectivity index (χ0) is 12.0. The Morgan fingerprint density at radius 3 is 2.50 bits per heavy atom. The third-order valence-corrected chi connectivity index (χ3v) is 2.68. The normalized spacial score (nSPS) is 24.1. The molecule has 0 radical (unpaired) electrons. The van der Waals surface area contributed by atoms with E-state index in [9.17, 15) is 14.4 Å². The van der Waals surface area contributed by atoms with Gasteiger partial charge in [0.15, 0.2) is 6.10 Å². The first-order chi connectivity index (χ1) is 7.65. The SMILES string of the molecule is CCC[C@H]1OC(=O)CCCCCC(=O)C1=O. The summed E-state index contributed by atoms with van der Waals surface area (Å²) in [4.78, 5) is 34.5. The lowest BCUT2D eigenvalue weighted by Crippen LogP contribution is -2.33. The predicted octanol–water partition coefficient (Wildman–Crippen LogP) is 1.80. The van der Waals surface area contributed by atoms with E-state index in [1.54, 1.807) is 0 Å². The Bertz CT molecular complexity index is 283. The van der Waals surface area contributed by atoms with E-state index in [2.05, 4.69) is 0 Å². The van der Waals surface area contributed by atoms with Crippen molar-refractivity contribution < 1.29 is 19.1 Å². The maximum absolute atomic E-state index is 11.7. The van der Waals surface area contributed by atoms with Crippen LogP contribution in [0.15, 0.2) is 0 Å². The molecule has 0 amide bonds. The summed E-state index contributed by atoms with van der Waals surface area (Å²) in [5.41, 5.74) is 0. The van der Waals surface area contributed by atoms with Gasteiger partial charge in [0, 0.05) is 12.8 Å². The highest BCUT2D eigenvalue weighted by Gasteiger charge is 2.28. The van der Waals surface area contributed by atoms with Crippen LogP contribution in [0.2, 0.25) is 0 Å². The van der Waals surface area contributed by atoms with Crippen LogP contribution in [0.5, 0.6) is 0 Å². The Morgan fingerprint density at radius 1 is 1.12 bits per heavy atom. The molecule has 4 heteroatoms. The average Bonchev–Trinajstić information content (AvgIpc) is 2.26. The first kappa shape index (κ1) is 12.9. The fourth-order valence-corrected chi connectivity index (χ4v) is 1.76. The molecular weight excluding hydrogens is 208 g/mol. The predicted molar refractivity (Wildman–Crippen MR) is 57.9 cm³/mol. The molecule has 0 spiro atoms. The van der Waals surface area contributed by atoms with Crippen LogP contribution in [0.4, 0.5) is 0 Å². The Morgan fingerprint density at radius 2 is 1.81 bits per heavy atom. The first-order valence-electron chi connectivity index (χ1n) is 5.91. The van der Waals surface area contributed by atoms with Gasteiger partial charge in [0.25, 0.3) is 0 Å². The van der Waals surface area contributed by atoms with Crippen molar-refractivity contribution in [2.45, 2.75) is 58.0 Å². The van der Waals surface area contributed by atoms with Crippen molar-refractivity contribution in [3.63, 3.8) is 0 Å². The molecule has 16 heavy (non-hydrogen) atoms. The van der Waals surface area contributed by atoms with Crippen LogP contribution >= 0.6 is 0 Å². The Balaban J connectivity index is 2.70. The Kier molecular flexibility index (Phi) is 5.15. The number of cyclic esters (lactones) is 1. The van der Waals surface area contributed by atoms with Crippen molar-refractivity contribution in [3.05, 3.63) is 0 Å². The van der Waals surface area contributed by atoms with Gasteiger partial charge in [-0.25, -0.2) is 0 Å². The van der Waals surface area contributed by atoms with Gasteiger partial charge in [-0.2, -0.15) is 0 Å². The van der Waals surface area contributed by atoms with Gasteiger partial charge in [0.2, 0.25) is 11.6 Å². The lowest BCUT2D eigenvalue weighted by atomic mass is 10.0. The van der Waals surface area contributed by atoms with E-state index in [-0.39, 0.29) is 12.4 Å². The molecule has 0 saturated carbocycles. The number of carbonyl (C=O) groups excluding carboxylic acids is 3. The van der Waals surface area contributed by atoms with E-state index >= 15 is 0 Å². The molecule has 1 atom stereocenters. The zero-order valence-corrected chi connectivity index (χ0v) is 9.66. The molecule has 0 unspecified atom stereocenters. The third kappa shape index (κ3) is 3.76. The van der Waals surface area contributed by atoms with Crippen LogP contribution in [0.25, 0.3) is 0 Å². The molecule has 1 aliphatic rings. The van der Waals surface area contributed by atoms with E-state index in [0.717, 1.165) is 19.3 Å². The number of carbonyl (C=O) groups is 3. The number of esters is 1. The molecule has 0 aromatic rings. The van der Waals surface area contributed by atoms with Crippen molar-refractivity contribution in [2.75, 3.05) is 0 Å². The van der Waals surface area contributed by atoms with Gasteiger partial charge in [-0.15, -0.1) is 0 Å². The maximum atomic E-state index is 11.7. The number of ketones is 2. The van der Waals surface area contributed by atoms with Crippen LogP contribution < -0.4 is 0 Å². The number of hydrogen-bond acceptors (Lipinski definition) is 4. The molecule has 0 aliphatic carbocycles. The molecule has 1 saturated heterocycles. The van der Waals surface area contributed by atoms with Crippen molar-refractivity contribution in [1.29, 1.82) is 0 Å². The largest absolute Gasteiger partial charge is 0.454 e. The molecule has 0 N–H and O–H groups in total. The molecule has 0 aromatic carbocycles. The Labute approximate surface area is 95.3 Å². The summed E-state index contributed by atoms with van der Waals surface area (Å²) in [5.74, 6) is -1.29. The summed E-state index contributed by atoms with van der Waals surface area (Å²) < 4.78 is 5.04. The van der Waals surface area contributed by atoms with E-state index in [1.807, 2.05) is 6.92 Å².